The van der Waals surface area contributed by atoms with Crippen molar-refractivity contribution in [1.29, 1.82) is 0 Å². The molecule has 0 atom stereocenters. The van der Waals surface area contributed by atoms with E-state index in [1.165, 1.54) is 12.1 Å². The minimum absolute atomic E-state index is 0.260. The van der Waals surface area contributed by atoms with Gasteiger partial charge < -0.3 is 5.32 Å². The topological polar surface area (TPSA) is 42.7 Å². The van der Waals surface area contributed by atoms with Crippen LogP contribution >= 0.6 is 0 Å². The fourth-order valence-corrected chi connectivity index (χ4v) is 1.61. The number of halogens is 1. The molecule has 0 radical (unpaired) electrons. The lowest BCUT2D eigenvalue weighted by atomic mass is 10.2. The average Bonchev–Trinajstić information content (AvgIpc) is 2.73. The number of hydrogen-bond acceptors (Lipinski definition) is 3. The van der Waals surface area contributed by atoms with Crippen LogP contribution in [0.5, 0.6) is 0 Å². The van der Waals surface area contributed by atoms with Crippen molar-refractivity contribution in [3.05, 3.63) is 41.5 Å². The van der Waals surface area contributed by atoms with Gasteiger partial charge in [-0.2, -0.15) is 0 Å². The maximum atomic E-state index is 13.2. The summed E-state index contributed by atoms with van der Waals surface area (Å²) in [7, 11) is 0. The van der Waals surface area contributed by atoms with Gasteiger partial charge in [0.15, 0.2) is 0 Å². The molecular formula is C12H15FN4. The molecule has 0 aliphatic heterocycles. The number of benzene rings is 1. The molecule has 1 heterocycles. The molecule has 4 nitrogen and oxygen atoms in total. The van der Waals surface area contributed by atoms with Crippen LogP contribution in [0.2, 0.25) is 0 Å². The predicted octanol–water partition coefficient (Wildman–Crippen LogP) is 1.82. The van der Waals surface area contributed by atoms with Crippen molar-refractivity contribution >= 4 is 0 Å². The van der Waals surface area contributed by atoms with Crippen molar-refractivity contribution in [2.75, 3.05) is 6.54 Å². The van der Waals surface area contributed by atoms with Crippen LogP contribution in [-0.4, -0.2) is 21.5 Å². The van der Waals surface area contributed by atoms with E-state index in [1.54, 1.807) is 10.9 Å². The van der Waals surface area contributed by atoms with Crippen molar-refractivity contribution in [1.82, 2.24) is 20.3 Å². The molecule has 0 aliphatic carbocycles. The van der Waals surface area contributed by atoms with Crippen molar-refractivity contribution in [3.63, 3.8) is 0 Å². The van der Waals surface area contributed by atoms with Gasteiger partial charge in [-0.05, 0) is 37.2 Å². The first-order valence-corrected chi connectivity index (χ1v) is 5.58. The predicted molar refractivity (Wildman–Crippen MR) is 63.4 cm³/mol. The smallest absolute Gasteiger partial charge is 0.125 e. The Morgan fingerprint density at radius 2 is 2.18 bits per heavy atom. The molecule has 1 N–H and O–H groups in total. The van der Waals surface area contributed by atoms with Crippen LogP contribution in [0.1, 0.15) is 18.2 Å². The van der Waals surface area contributed by atoms with Crippen LogP contribution < -0.4 is 5.32 Å². The summed E-state index contributed by atoms with van der Waals surface area (Å²) in [6, 6.07) is 4.80. The first-order chi connectivity index (χ1) is 8.19. The molecule has 90 valence electrons. The molecule has 1 aromatic carbocycles. The summed E-state index contributed by atoms with van der Waals surface area (Å²) in [6.45, 7) is 5.43. The van der Waals surface area contributed by atoms with Gasteiger partial charge in [-0.15, -0.1) is 5.10 Å². The quantitative estimate of drug-likeness (QED) is 0.877. The van der Waals surface area contributed by atoms with Crippen LogP contribution in [0.25, 0.3) is 5.69 Å². The molecule has 0 unspecified atom stereocenters. The lowest BCUT2D eigenvalue weighted by molar-refractivity contribution is 0.623. The monoisotopic (exact) mass is 234 g/mol. The molecule has 0 bridgehead atoms. The molecule has 2 aromatic rings. The molecular weight excluding hydrogens is 219 g/mol. The Hall–Kier alpha value is -1.75. The molecule has 0 saturated heterocycles. The van der Waals surface area contributed by atoms with E-state index < -0.39 is 0 Å². The van der Waals surface area contributed by atoms with Gasteiger partial charge in [-0.25, -0.2) is 9.07 Å². The fourth-order valence-electron chi connectivity index (χ4n) is 1.61. The molecule has 0 saturated carbocycles. The summed E-state index contributed by atoms with van der Waals surface area (Å²) in [5, 5.41) is 11.2. The third-order valence-electron chi connectivity index (χ3n) is 2.39. The number of nitrogens with zero attached hydrogens (tertiary/aromatic N) is 3. The Bertz CT molecular complexity index is 487. The molecule has 0 amide bonds. The van der Waals surface area contributed by atoms with Crippen molar-refractivity contribution in [2.24, 2.45) is 0 Å². The molecule has 0 spiro atoms. The lowest BCUT2D eigenvalue weighted by Gasteiger charge is -2.01. The molecule has 17 heavy (non-hydrogen) atoms. The highest BCUT2D eigenvalue weighted by Crippen LogP contribution is 2.12. The van der Waals surface area contributed by atoms with E-state index in [2.05, 4.69) is 15.6 Å². The van der Waals surface area contributed by atoms with Gasteiger partial charge in [-0.1, -0.05) is 12.1 Å². The normalized spacial score (nSPS) is 10.8. The number of hydrogen-bond donors (Lipinski definition) is 1. The Labute approximate surface area is 99.5 Å². The third-order valence-corrected chi connectivity index (χ3v) is 2.39. The van der Waals surface area contributed by atoms with E-state index in [0.717, 1.165) is 17.8 Å². The zero-order chi connectivity index (χ0) is 12.3. The van der Waals surface area contributed by atoms with E-state index in [-0.39, 0.29) is 5.82 Å². The molecule has 0 aliphatic rings. The summed E-state index contributed by atoms with van der Waals surface area (Å²) >= 11 is 0. The Kier molecular flexibility index (Phi) is 3.49. The van der Waals surface area contributed by atoms with Crippen LogP contribution in [0.15, 0.2) is 24.4 Å². The van der Waals surface area contributed by atoms with Gasteiger partial charge in [0.25, 0.3) is 0 Å². The largest absolute Gasteiger partial charge is 0.311 e. The van der Waals surface area contributed by atoms with Gasteiger partial charge in [0.1, 0.15) is 5.82 Å². The van der Waals surface area contributed by atoms with Gasteiger partial charge in [-0.3, -0.25) is 0 Å². The van der Waals surface area contributed by atoms with Gasteiger partial charge in [0, 0.05) is 6.54 Å². The van der Waals surface area contributed by atoms with E-state index in [9.17, 15) is 4.39 Å². The second kappa shape index (κ2) is 5.05. The summed E-state index contributed by atoms with van der Waals surface area (Å²) in [5.74, 6) is -0.260. The average molecular weight is 234 g/mol. The number of rotatable bonds is 4. The SMILES string of the molecule is CCNCc1cn(-c2cc(C)cc(F)c2)nn1. The second-order valence-electron chi connectivity index (χ2n) is 3.92. The molecule has 5 heteroatoms. The van der Waals surface area contributed by atoms with Crippen molar-refractivity contribution in [2.45, 2.75) is 20.4 Å². The number of aryl methyl sites for hydroxylation is 1. The van der Waals surface area contributed by atoms with Crippen molar-refractivity contribution in [3.8, 4) is 5.69 Å². The molecule has 1 aromatic heterocycles. The third kappa shape index (κ3) is 2.88. The molecule has 0 fully saturated rings. The standard InChI is InChI=1S/C12H15FN4/c1-3-14-7-11-8-17(16-15-11)12-5-9(2)4-10(13)6-12/h4-6,8,14H,3,7H2,1-2H3. The minimum atomic E-state index is -0.260. The highest BCUT2D eigenvalue weighted by molar-refractivity contribution is 5.35. The highest BCUT2D eigenvalue weighted by atomic mass is 19.1. The zero-order valence-corrected chi connectivity index (χ0v) is 9.94. The first kappa shape index (κ1) is 11.7. The minimum Gasteiger partial charge on any atom is -0.311 e. The van der Waals surface area contributed by atoms with Crippen molar-refractivity contribution < 1.29 is 4.39 Å². The van der Waals surface area contributed by atoms with Gasteiger partial charge in [0.05, 0.1) is 17.6 Å². The van der Waals surface area contributed by atoms with Crippen LogP contribution in [-0.2, 0) is 6.54 Å². The number of nitrogens with one attached hydrogen (secondary N) is 1. The van der Waals surface area contributed by atoms with Crippen LogP contribution in [0, 0.1) is 12.7 Å². The Morgan fingerprint density at radius 3 is 2.88 bits per heavy atom. The van der Waals surface area contributed by atoms with Crippen LogP contribution in [0.4, 0.5) is 4.39 Å². The van der Waals surface area contributed by atoms with E-state index in [4.69, 9.17) is 0 Å². The van der Waals surface area contributed by atoms with E-state index in [1.807, 2.05) is 19.9 Å². The van der Waals surface area contributed by atoms with Crippen LogP contribution in [0.3, 0.4) is 0 Å². The summed E-state index contributed by atoms with van der Waals surface area (Å²) in [4.78, 5) is 0. The number of aromatic nitrogens is 3. The highest BCUT2D eigenvalue weighted by Gasteiger charge is 2.04. The first-order valence-electron chi connectivity index (χ1n) is 5.58. The summed E-state index contributed by atoms with van der Waals surface area (Å²) in [6.07, 6.45) is 1.80. The fraction of sp³-hybridized carbons (Fsp3) is 0.333. The summed E-state index contributed by atoms with van der Waals surface area (Å²) in [5.41, 5.74) is 2.40. The van der Waals surface area contributed by atoms with Gasteiger partial charge in [0.2, 0.25) is 0 Å². The zero-order valence-electron chi connectivity index (χ0n) is 9.94. The van der Waals surface area contributed by atoms with E-state index in [0.29, 0.717) is 12.2 Å². The lowest BCUT2D eigenvalue weighted by Crippen LogP contribution is -2.11. The maximum absolute atomic E-state index is 13.2. The van der Waals surface area contributed by atoms with Gasteiger partial charge >= 0.3 is 0 Å². The Balaban J connectivity index is 2.24. The van der Waals surface area contributed by atoms with E-state index >= 15 is 0 Å². The molecule has 2 rings (SSSR count). The second-order valence-corrected chi connectivity index (χ2v) is 3.92. The maximum Gasteiger partial charge on any atom is 0.125 e. The summed E-state index contributed by atoms with van der Waals surface area (Å²) < 4.78 is 14.8. The Morgan fingerprint density at radius 1 is 1.35 bits per heavy atom.